The van der Waals surface area contributed by atoms with Gasteiger partial charge >= 0.3 is 6.18 Å². The van der Waals surface area contributed by atoms with Crippen molar-refractivity contribution >= 4 is 5.91 Å². The maximum absolute atomic E-state index is 12.7. The van der Waals surface area contributed by atoms with Crippen LogP contribution in [0.15, 0.2) is 67.0 Å². The van der Waals surface area contributed by atoms with Crippen molar-refractivity contribution in [2.75, 3.05) is 0 Å². The molecule has 0 spiro atoms. The SMILES string of the molecule is O=C(NCc1cc(-c2ccccc2)ncn1)c1cccc(C(F)(F)F)c1. The zero-order chi connectivity index (χ0) is 18.6. The van der Waals surface area contributed by atoms with Crippen LogP contribution in [0.2, 0.25) is 0 Å². The van der Waals surface area contributed by atoms with Crippen LogP contribution in [0.1, 0.15) is 21.6 Å². The summed E-state index contributed by atoms with van der Waals surface area (Å²) in [6.45, 7) is 0.0808. The molecule has 0 unspecified atom stereocenters. The second-order valence-corrected chi connectivity index (χ2v) is 5.52. The number of halogens is 3. The fourth-order valence-corrected chi connectivity index (χ4v) is 2.37. The monoisotopic (exact) mass is 357 g/mol. The predicted molar refractivity (Wildman–Crippen MR) is 90.1 cm³/mol. The largest absolute Gasteiger partial charge is 0.416 e. The topological polar surface area (TPSA) is 54.9 Å². The van der Waals surface area contributed by atoms with Crippen molar-refractivity contribution in [3.8, 4) is 11.3 Å². The molecule has 0 radical (unpaired) electrons. The van der Waals surface area contributed by atoms with Gasteiger partial charge in [-0.25, -0.2) is 9.97 Å². The first kappa shape index (κ1) is 17.6. The zero-order valence-corrected chi connectivity index (χ0v) is 13.5. The molecule has 1 amide bonds. The van der Waals surface area contributed by atoms with Gasteiger partial charge in [-0.2, -0.15) is 13.2 Å². The molecule has 2 aromatic carbocycles. The molecule has 1 N–H and O–H groups in total. The maximum atomic E-state index is 12.7. The fraction of sp³-hybridized carbons (Fsp3) is 0.105. The molecule has 0 aliphatic rings. The van der Waals surface area contributed by atoms with E-state index in [0.717, 1.165) is 17.7 Å². The van der Waals surface area contributed by atoms with E-state index in [-0.39, 0.29) is 12.1 Å². The van der Waals surface area contributed by atoms with Crippen LogP contribution < -0.4 is 5.32 Å². The highest BCUT2D eigenvalue weighted by Gasteiger charge is 2.30. The molecule has 0 atom stereocenters. The minimum atomic E-state index is -4.49. The minimum absolute atomic E-state index is 0.0582. The van der Waals surface area contributed by atoms with E-state index in [1.165, 1.54) is 18.5 Å². The lowest BCUT2D eigenvalue weighted by Crippen LogP contribution is -2.23. The molecule has 7 heteroatoms. The highest BCUT2D eigenvalue weighted by atomic mass is 19.4. The lowest BCUT2D eigenvalue weighted by atomic mass is 10.1. The van der Waals surface area contributed by atoms with Crippen molar-refractivity contribution < 1.29 is 18.0 Å². The Morgan fingerprint density at radius 2 is 1.73 bits per heavy atom. The number of carbonyl (C=O) groups is 1. The van der Waals surface area contributed by atoms with E-state index in [1.54, 1.807) is 6.07 Å². The smallest absolute Gasteiger partial charge is 0.346 e. The molecule has 3 rings (SSSR count). The third-order valence-electron chi connectivity index (χ3n) is 3.68. The number of nitrogens with one attached hydrogen (secondary N) is 1. The van der Waals surface area contributed by atoms with Crippen LogP contribution in [-0.4, -0.2) is 15.9 Å². The Kier molecular flexibility index (Phi) is 4.97. The summed E-state index contributed by atoms with van der Waals surface area (Å²) < 4.78 is 38.2. The van der Waals surface area contributed by atoms with Crippen LogP contribution >= 0.6 is 0 Å². The van der Waals surface area contributed by atoms with Crippen LogP contribution in [0, 0.1) is 0 Å². The fourth-order valence-electron chi connectivity index (χ4n) is 2.37. The molecular formula is C19H14F3N3O. The van der Waals surface area contributed by atoms with Crippen molar-refractivity contribution in [3.05, 3.63) is 83.8 Å². The van der Waals surface area contributed by atoms with Gasteiger partial charge in [-0.1, -0.05) is 36.4 Å². The number of nitrogens with zero attached hydrogens (tertiary/aromatic N) is 2. The highest BCUT2D eigenvalue weighted by Crippen LogP contribution is 2.29. The number of carbonyl (C=O) groups excluding carboxylic acids is 1. The van der Waals surface area contributed by atoms with Gasteiger partial charge in [0.1, 0.15) is 6.33 Å². The van der Waals surface area contributed by atoms with Crippen molar-refractivity contribution in [1.82, 2.24) is 15.3 Å². The first-order valence-corrected chi connectivity index (χ1v) is 7.75. The summed E-state index contributed by atoms with van der Waals surface area (Å²) in [7, 11) is 0. The van der Waals surface area contributed by atoms with E-state index in [1.807, 2.05) is 30.3 Å². The Bertz CT molecular complexity index is 911. The molecule has 26 heavy (non-hydrogen) atoms. The van der Waals surface area contributed by atoms with Crippen molar-refractivity contribution in [1.29, 1.82) is 0 Å². The van der Waals surface area contributed by atoms with Gasteiger partial charge in [0.25, 0.3) is 5.91 Å². The number of rotatable bonds is 4. The van der Waals surface area contributed by atoms with Crippen LogP contribution in [-0.2, 0) is 12.7 Å². The molecule has 0 saturated carbocycles. The predicted octanol–water partition coefficient (Wildman–Crippen LogP) is 4.09. The molecule has 132 valence electrons. The molecule has 0 bridgehead atoms. The average Bonchev–Trinajstić information content (AvgIpc) is 2.66. The quantitative estimate of drug-likeness (QED) is 0.765. The van der Waals surface area contributed by atoms with Crippen LogP contribution in [0.25, 0.3) is 11.3 Å². The van der Waals surface area contributed by atoms with Gasteiger partial charge in [-0.05, 0) is 24.3 Å². The van der Waals surface area contributed by atoms with Crippen LogP contribution in [0.3, 0.4) is 0 Å². The minimum Gasteiger partial charge on any atom is -0.346 e. The lowest BCUT2D eigenvalue weighted by Gasteiger charge is -2.09. The molecule has 0 saturated heterocycles. The number of amides is 1. The van der Waals surface area contributed by atoms with Gasteiger partial charge in [0.2, 0.25) is 0 Å². The molecule has 0 aliphatic carbocycles. The Hall–Kier alpha value is -3.22. The Morgan fingerprint density at radius 3 is 2.46 bits per heavy atom. The normalized spacial score (nSPS) is 11.2. The highest BCUT2D eigenvalue weighted by molar-refractivity contribution is 5.94. The second kappa shape index (κ2) is 7.35. The standard InChI is InChI=1S/C19H14F3N3O/c20-19(21,22)15-8-4-7-14(9-15)18(26)23-11-16-10-17(25-12-24-16)13-5-2-1-3-6-13/h1-10,12H,11H2,(H,23,26). The van der Waals surface area contributed by atoms with Crippen LogP contribution in [0.4, 0.5) is 13.2 Å². The number of alkyl halides is 3. The van der Waals surface area contributed by atoms with Crippen LogP contribution in [0.5, 0.6) is 0 Å². The number of hydrogen-bond acceptors (Lipinski definition) is 3. The number of benzene rings is 2. The van der Waals surface area contributed by atoms with Crippen molar-refractivity contribution in [2.24, 2.45) is 0 Å². The summed E-state index contributed by atoms with van der Waals surface area (Å²) in [6.07, 6.45) is -3.11. The lowest BCUT2D eigenvalue weighted by molar-refractivity contribution is -0.137. The average molecular weight is 357 g/mol. The Morgan fingerprint density at radius 1 is 0.962 bits per heavy atom. The van der Waals surface area contributed by atoms with E-state index >= 15 is 0 Å². The van der Waals surface area contributed by atoms with E-state index in [9.17, 15) is 18.0 Å². The van der Waals surface area contributed by atoms with Gasteiger partial charge in [0, 0.05) is 11.1 Å². The molecule has 0 aliphatic heterocycles. The molecule has 1 aromatic heterocycles. The number of hydrogen-bond donors (Lipinski definition) is 1. The van der Waals surface area contributed by atoms with Gasteiger partial charge in [-0.3, -0.25) is 4.79 Å². The van der Waals surface area contributed by atoms with E-state index in [4.69, 9.17) is 0 Å². The number of aromatic nitrogens is 2. The molecule has 3 aromatic rings. The van der Waals surface area contributed by atoms with E-state index in [0.29, 0.717) is 11.4 Å². The Balaban J connectivity index is 1.71. The summed E-state index contributed by atoms with van der Waals surface area (Å²) in [5.41, 5.74) is 1.24. The van der Waals surface area contributed by atoms with Crippen molar-refractivity contribution in [3.63, 3.8) is 0 Å². The molecule has 4 nitrogen and oxygen atoms in total. The Labute approximate surface area is 147 Å². The second-order valence-electron chi connectivity index (χ2n) is 5.52. The first-order valence-electron chi connectivity index (χ1n) is 7.75. The maximum Gasteiger partial charge on any atom is 0.416 e. The van der Waals surface area contributed by atoms with Crippen molar-refractivity contribution in [2.45, 2.75) is 12.7 Å². The van der Waals surface area contributed by atoms with Gasteiger partial charge in [0.15, 0.2) is 0 Å². The van der Waals surface area contributed by atoms with Gasteiger partial charge in [0.05, 0.1) is 23.5 Å². The third-order valence-corrected chi connectivity index (χ3v) is 3.68. The van der Waals surface area contributed by atoms with E-state index < -0.39 is 17.6 Å². The van der Waals surface area contributed by atoms with Gasteiger partial charge in [-0.15, -0.1) is 0 Å². The summed E-state index contributed by atoms with van der Waals surface area (Å²) in [5.74, 6) is -0.601. The summed E-state index contributed by atoms with van der Waals surface area (Å²) in [4.78, 5) is 20.4. The molecule has 0 fully saturated rings. The van der Waals surface area contributed by atoms with Gasteiger partial charge < -0.3 is 5.32 Å². The summed E-state index contributed by atoms with van der Waals surface area (Å²) in [6, 6.07) is 15.5. The first-order chi connectivity index (χ1) is 12.4. The third kappa shape index (κ3) is 4.24. The summed E-state index contributed by atoms with van der Waals surface area (Å²) in [5, 5.41) is 2.58. The summed E-state index contributed by atoms with van der Waals surface area (Å²) >= 11 is 0. The zero-order valence-electron chi connectivity index (χ0n) is 13.5. The molecular weight excluding hydrogens is 343 g/mol. The van der Waals surface area contributed by atoms with E-state index in [2.05, 4.69) is 15.3 Å². The molecule has 1 heterocycles.